The van der Waals surface area contributed by atoms with Crippen LogP contribution in [0.15, 0.2) is 28.9 Å². The number of fused-ring (bicyclic) bond motifs is 1. The third-order valence-corrected chi connectivity index (χ3v) is 3.19. The van der Waals surface area contributed by atoms with Gasteiger partial charge in [0.15, 0.2) is 0 Å². The molecule has 0 saturated carbocycles. The molecule has 3 heteroatoms. The summed E-state index contributed by atoms with van der Waals surface area (Å²) in [5.74, 6) is 0. The number of hydrogen-bond acceptors (Lipinski definition) is 1. The molecule has 0 spiro atoms. The highest BCUT2D eigenvalue weighted by atomic mass is 79.9. The summed E-state index contributed by atoms with van der Waals surface area (Å²) < 4.78 is 3.20. The maximum absolute atomic E-state index is 10.3. The zero-order valence-corrected chi connectivity index (χ0v) is 10.1. The Labute approximate surface area is 97.0 Å². The van der Waals surface area contributed by atoms with Crippen LogP contribution in [0.3, 0.4) is 0 Å². The van der Waals surface area contributed by atoms with E-state index in [1.807, 2.05) is 13.2 Å². The van der Waals surface area contributed by atoms with Gasteiger partial charge in [0.2, 0.25) is 0 Å². The van der Waals surface area contributed by atoms with Gasteiger partial charge in [-0.1, -0.05) is 12.1 Å². The number of hydrogen-bond donors (Lipinski definition) is 0. The van der Waals surface area contributed by atoms with E-state index in [4.69, 9.17) is 0 Å². The van der Waals surface area contributed by atoms with Crippen molar-refractivity contribution in [2.75, 3.05) is 0 Å². The molecule has 0 atom stereocenters. The van der Waals surface area contributed by atoms with E-state index in [1.165, 1.54) is 16.5 Å². The van der Waals surface area contributed by atoms with E-state index in [0.29, 0.717) is 6.42 Å². The van der Waals surface area contributed by atoms with Gasteiger partial charge in [0.25, 0.3) is 0 Å². The predicted octanol–water partition coefficient (Wildman–Crippen LogP) is 3.07. The summed E-state index contributed by atoms with van der Waals surface area (Å²) in [6.45, 7) is 0. The molecule has 0 aliphatic rings. The number of aryl methyl sites for hydroxylation is 2. The van der Waals surface area contributed by atoms with Gasteiger partial charge in [-0.2, -0.15) is 0 Å². The third-order valence-electron chi connectivity index (χ3n) is 2.56. The molecule has 2 aromatic rings. The Morgan fingerprint density at radius 3 is 3.00 bits per heavy atom. The fraction of sp³-hybridized carbons (Fsp3) is 0.250. The normalized spacial score (nSPS) is 10.8. The zero-order chi connectivity index (χ0) is 10.8. The minimum absolute atomic E-state index is 0.594. The van der Waals surface area contributed by atoms with Crippen LogP contribution in [-0.2, 0) is 18.3 Å². The quantitative estimate of drug-likeness (QED) is 0.782. The van der Waals surface area contributed by atoms with Gasteiger partial charge in [-0.3, -0.25) is 0 Å². The Balaban J connectivity index is 2.45. The predicted molar refractivity (Wildman–Crippen MR) is 65.0 cm³/mol. The van der Waals surface area contributed by atoms with Crippen molar-refractivity contribution in [2.45, 2.75) is 12.8 Å². The molecule has 2 nitrogen and oxygen atoms in total. The summed E-state index contributed by atoms with van der Waals surface area (Å²) in [5.41, 5.74) is 2.41. The van der Waals surface area contributed by atoms with Gasteiger partial charge in [-0.15, -0.1) is 0 Å². The summed E-state index contributed by atoms with van der Waals surface area (Å²) in [6, 6.07) is 6.32. The maximum atomic E-state index is 10.3. The van der Waals surface area contributed by atoms with E-state index in [1.54, 1.807) is 0 Å². The SMILES string of the molecule is Cn1cc(Br)c2ccc(CCC=O)cc21. The minimum Gasteiger partial charge on any atom is -0.349 e. The van der Waals surface area contributed by atoms with Crippen LogP contribution in [0.1, 0.15) is 12.0 Å². The highest BCUT2D eigenvalue weighted by Crippen LogP contribution is 2.26. The van der Waals surface area contributed by atoms with Gasteiger partial charge in [-0.05, 0) is 34.0 Å². The number of aldehydes is 1. The van der Waals surface area contributed by atoms with Crippen LogP contribution in [0.2, 0.25) is 0 Å². The first-order chi connectivity index (χ1) is 7.22. The van der Waals surface area contributed by atoms with Gasteiger partial charge in [0, 0.05) is 35.0 Å². The molecule has 15 heavy (non-hydrogen) atoms. The summed E-state index contributed by atoms with van der Waals surface area (Å²) in [4.78, 5) is 10.3. The van der Waals surface area contributed by atoms with E-state index < -0.39 is 0 Å². The molecule has 78 valence electrons. The topological polar surface area (TPSA) is 22.0 Å². The van der Waals surface area contributed by atoms with Crippen molar-refractivity contribution in [2.24, 2.45) is 7.05 Å². The van der Waals surface area contributed by atoms with Crippen molar-refractivity contribution < 1.29 is 4.79 Å². The molecule has 0 aliphatic heterocycles. The first-order valence-electron chi connectivity index (χ1n) is 4.89. The summed E-state index contributed by atoms with van der Waals surface area (Å²) in [6.07, 6.45) is 4.43. The standard InChI is InChI=1S/C12H12BrNO/c1-14-8-11(13)10-5-4-9(3-2-6-15)7-12(10)14/h4-8H,2-3H2,1H3. The lowest BCUT2D eigenvalue weighted by Crippen LogP contribution is -1.88. The van der Waals surface area contributed by atoms with E-state index in [9.17, 15) is 4.79 Å². The number of benzene rings is 1. The molecule has 0 bridgehead atoms. The lowest BCUT2D eigenvalue weighted by molar-refractivity contribution is -0.107. The lowest BCUT2D eigenvalue weighted by atomic mass is 10.1. The first kappa shape index (κ1) is 10.4. The van der Waals surface area contributed by atoms with Gasteiger partial charge < -0.3 is 9.36 Å². The molecule has 0 fully saturated rings. The van der Waals surface area contributed by atoms with Crippen molar-refractivity contribution in [3.8, 4) is 0 Å². The molecular formula is C12H12BrNO. The number of rotatable bonds is 3. The van der Waals surface area contributed by atoms with Gasteiger partial charge >= 0.3 is 0 Å². The fourth-order valence-corrected chi connectivity index (χ4v) is 2.40. The van der Waals surface area contributed by atoms with Crippen molar-refractivity contribution >= 4 is 33.1 Å². The van der Waals surface area contributed by atoms with E-state index in [0.717, 1.165) is 17.2 Å². The molecule has 1 aromatic carbocycles. The number of halogens is 1. The Morgan fingerprint density at radius 2 is 2.27 bits per heavy atom. The molecule has 0 aliphatic carbocycles. The number of carbonyl (C=O) groups is 1. The smallest absolute Gasteiger partial charge is 0.120 e. The molecule has 0 N–H and O–H groups in total. The van der Waals surface area contributed by atoms with Gasteiger partial charge in [-0.25, -0.2) is 0 Å². The summed E-state index contributed by atoms with van der Waals surface area (Å²) in [5, 5.41) is 1.22. The van der Waals surface area contributed by atoms with Crippen LogP contribution >= 0.6 is 15.9 Å². The second kappa shape index (κ2) is 4.19. The molecule has 0 radical (unpaired) electrons. The van der Waals surface area contributed by atoms with Gasteiger partial charge in [0.1, 0.15) is 6.29 Å². The van der Waals surface area contributed by atoms with Gasteiger partial charge in [0.05, 0.1) is 0 Å². The lowest BCUT2D eigenvalue weighted by Gasteiger charge is -2.00. The van der Waals surface area contributed by atoms with Crippen LogP contribution in [-0.4, -0.2) is 10.9 Å². The van der Waals surface area contributed by atoms with Crippen LogP contribution in [0.4, 0.5) is 0 Å². The number of aromatic nitrogens is 1. The average molecular weight is 266 g/mol. The third kappa shape index (κ3) is 1.97. The van der Waals surface area contributed by atoms with Crippen LogP contribution in [0.5, 0.6) is 0 Å². The van der Waals surface area contributed by atoms with Crippen LogP contribution in [0.25, 0.3) is 10.9 Å². The fourth-order valence-electron chi connectivity index (χ4n) is 1.76. The monoisotopic (exact) mass is 265 g/mol. The second-order valence-electron chi connectivity index (χ2n) is 3.64. The van der Waals surface area contributed by atoms with Crippen molar-refractivity contribution in [1.82, 2.24) is 4.57 Å². The highest BCUT2D eigenvalue weighted by Gasteiger charge is 2.04. The van der Waals surface area contributed by atoms with Crippen molar-refractivity contribution in [3.63, 3.8) is 0 Å². The Hall–Kier alpha value is -1.09. The molecular weight excluding hydrogens is 254 g/mol. The van der Waals surface area contributed by atoms with Crippen LogP contribution in [0, 0.1) is 0 Å². The Bertz CT molecular complexity index is 502. The van der Waals surface area contributed by atoms with Crippen molar-refractivity contribution in [1.29, 1.82) is 0 Å². The minimum atomic E-state index is 0.594. The highest BCUT2D eigenvalue weighted by molar-refractivity contribution is 9.10. The van der Waals surface area contributed by atoms with Crippen molar-refractivity contribution in [3.05, 3.63) is 34.4 Å². The molecule has 0 saturated heterocycles. The second-order valence-corrected chi connectivity index (χ2v) is 4.50. The number of nitrogens with zero attached hydrogens (tertiary/aromatic N) is 1. The largest absolute Gasteiger partial charge is 0.349 e. The van der Waals surface area contributed by atoms with E-state index >= 15 is 0 Å². The molecule has 1 aromatic heterocycles. The molecule has 2 rings (SSSR count). The Morgan fingerprint density at radius 1 is 1.47 bits per heavy atom. The molecule has 0 unspecified atom stereocenters. The van der Waals surface area contributed by atoms with E-state index in [2.05, 4.69) is 38.7 Å². The van der Waals surface area contributed by atoms with Crippen LogP contribution < -0.4 is 0 Å². The average Bonchev–Trinajstić information content (AvgIpc) is 2.52. The van der Waals surface area contributed by atoms with E-state index in [-0.39, 0.29) is 0 Å². The zero-order valence-electron chi connectivity index (χ0n) is 8.53. The Kier molecular flexibility index (Phi) is 2.91. The molecule has 1 heterocycles. The maximum Gasteiger partial charge on any atom is 0.120 e. The molecule has 0 amide bonds. The number of carbonyl (C=O) groups excluding carboxylic acids is 1. The summed E-state index contributed by atoms with van der Waals surface area (Å²) >= 11 is 3.52. The first-order valence-corrected chi connectivity index (χ1v) is 5.69. The summed E-state index contributed by atoms with van der Waals surface area (Å²) in [7, 11) is 2.02.